The van der Waals surface area contributed by atoms with E-state index in [1.807, 2.05) is 58.5 Å². The number of carbonyl (C=O) groups is 2. The number of hydrogen-bond acceptors (Lipinski definition) is 14. The maximum absolute atomic E-state index is 13.0. The molecule has 2 heterocycles. The number of hydrogen-bond donors (Lipinski definition) is 2. The quantitative estimate of drug-likeness (QED) is 0.0210. The van der Waals surface area contributed by atoms with Crippen LogP contribution in [0.3, 0.4) is 0 Å². The zero-order valence-corrected chi connectivity index (χ0v) is 35.8. The molecule has 2 aromatic heterocycles. The first-order valence-electron chi connectivity index (χ1n) is 20.7. The van der Waals surface area contributed by atoms with E-state index in [-0.39, 0.29) is 35.8 Å². The molecule has 60 heavy (non-hydrogen) atoms. The van der Waals surface area contributed by atoms with Crippen LogP contribution in [0.5, 0.6) is 17.2 Å². The van der Waals surface area contributed by atoms with Gasteiger partial charge in [-0.05, 0) is 86.3 Å². The number of hydrazone groups is 2. The number of anilines is 2. The molecule has 14 heteroatoms. The second kappa shape index (κ2) is 22.5. The standard InChI is InChI=1S/C46H52N6O6S2/c1-3-5-7-14-26-51(45-49-37-17-9-11-19-41(37)59-45)47-31-34-29-33(22-24-39(34)53)44(56)57-28-16-13-21-43(55)58-36-23-25-40(54)35(30-36)32-48-52(27-15-8-6-4-2)46-50-38-18-10-12-20-42(38)60-46/h9-12,17-20,22-25,29-32,53-54H,3-8,13-16,21,26-28H2,1-2H3/b47-31+,48-32+. The van der Waals surface area contributed by atoms with Crippen molar-refractivity contribution in [2.75, 3.05) is 29.7 Å². The molecule has 0 aliphatic rings. The summed E-state index contributed by atoms with van der Waals surface area (Å²) in [5.74, 6) is -0.717. The Balaban J connectivity index is 0.989. The van der Waals surface area contributed by atoms with Crippen molar-refractivity contribution in [1.82, 2.24) is 9.97 Å². The molecule has 0 atom stereocenters. The summed E-state index contributed by atoms with van der Waals surface area (Å²) in [6, 6.07) is 25.0. The predicted octanol–water partition coefficient (Wildman–Crippen LogP) is 11.1. The van der Waals surface area contributed by atoms with Gasteiger partial charge in [0, 0.05) is 30.6 Å². The monoisotopic (exact) mass is 848 g/mol. The van der Waals surface area contributed by atoms with E-state index in [4.69, 9.17) is 24.5 Å². The molecule has 0 unspecified atom stereocenters. The Labute approximate surface area is 358 Å². The third kappa shape index (κ3) is 12.6. The summed E-state index contributed by atoms with van der Waals surface area (Å²) in [7, 11) is 0. The van der Waals surface area contributed by atoms with Gasteiger partial charge in [0.25, 0.3) is 0 Å². The molecule has 0 spiro atoms. The number of fused-ring (bicyclic) bond motifs is 2. The molecule has 6 rings (SSSR count). The molecular weight excluding hydrogens is 797 g/mol. The summed E-state index contributed by atoms with van der Waals surface area (Å²) in [6.07, 6.45) is 12.6. The first-order chi connectivity index (χ1) is 29.3. The molecule has 0 aliphatic carbocycles. The number of unbranched alkanes of at least 4 members (excludes halogenated alkanes) is 7. The van der Waals surface area contributed by atoms with Crippen molar-refractivity contribution >= 4 is 77.7 Å². The minimum atomic E-state index is -0.546. The third-order valence-electron chi connectivity index (χ3n) is 9.63. The van der Waals surface area contributed by atoms with E-state index in [1.165, 1.54) is 24.3 Å². The summed E-state index contributed by atoms with van der Waals surface area (Å²) in [5, 5.41) is 35.8. The number of carbonyl (C=O) groups excluding carboxylic acids is 2. The van der Waals surface area contributed by atoms with E-state index in [0.29, 0.717) is 37.1 Å². The van der Waals surface area contributed by atoms with Crippen molar-refractivity contribution in [3.63, 3.8) is 0 Å². The molecule has 4 aromatic carbocycles. The van der Waals surface area contributed by atoms with Crippen molar-refractivity contribution in [1.29, 1.82) is 0 Å². The number of phenolic OH excluding ortho intramolecular Hbond substituents is 2. The SMILES string of the molecule is CCCCCCN(/N=C/c1cc(OC(=O)CCCCOC(=O)c2ccc(O)c(/C=N/N(CCCCCC)c3nc4ccccc4s3)c2)ccc1O)c1nc2ccccc2s1. The van der Waals surface area contributed by atoms with E-state index in [1.54, 1.807) is 47.2 Å². The number of para-hydroxylation sites is 2. The maximum Gasteiger partial charge on any atom is 0.338 e. The molecule has 314 valence electrons. The van der Waals surface area contributed by atoms with Crippen LogP contribution in [0.15, 0.2) is 95.1 Å². The van der Waals surface area contributed by atoms with Gasteiger partial charge in [0.2, 0.25) is 10.3 Å². The van der Waals surface area contributed by atoms with E-state index in [2.05, 4.69) is 18.9 Å². The van der Waals surface area contributed by atoms with E-state index >= 15 is 0 Å². The van der Waals surface area contributed by atoms with Crippen LogP contribution >= 0.6 is 22.7 Å². The number of aromatic hydroxyl groups is 2. The van der Waals surface area contributed by atoms with Crippen molar-refractivity contribution in [2.45, 2.75) is 84.5 Å². The van der Waals surface area contributed by atoms with Crippen molar-refractivity contribution < 1.29 is 29.3 Å². The zero-order valence-electron chi connectivity index (χ0n) is 34.2. The number of rotatable bonds is 23. The van der Waals surface area contributed by atoms with Crippen LogP contribution in [0.25, 0.3) is 20.4 Å². The average molecular weight is 849 g/mol. The van der Waals surface area contributed by atoms with Crippen LogP contribution < -0.4 is 14.8 Å². The third-order valence-corrected chi connectivity index (χ3v) is 11.7. The van der Waals surface area contributed by atoms with Crippen LogP contribution in [0.1, 0.15) is 106 Å². The molecular formula is C46H52N6O6S2. The lowest BCUT2D eigenvalue weighted by Crippen LogP contribution is -2.18. The Hall–Kier alpha value is -5.86. The summed E-state index contributed by atoms with van der Waals surface area (Å²) < 4.78 is 13.2. The molecule has 0 aliphatic heterocycles. The minimum Gasteiger partial charge on any atom is -0.507 e. The largest absolute Gasteiger partial charge is 0.507 e. The zero-order chi connectivity index (χ0) is 42.1. The Bertz CT molecular complexity index is 2330. The van der Waals surface area contributed by atoms with Crippen LogP contribution in [0.4, 0.5) is 10.3 Å². The lowest BCUT2D eigenvalue weighted by atomic mass is 10.1. The number of nitrogens with zero attached hydrogens (tertiary/aromatic N) is 6. The highest BCUT2D eigenvalue weighted by molar-refractivity contribution is 7.22. The molecule has 0 radical (unpaired) electrons. The molecule has 6 aromatic rings. The normalized spacial score (nSPS) is 11.6. The minimum absolute atomic E-state index is 0.00729. The van der Waals surface area contributed by atoms with Gasteiger partial charge in [-0.25, -0.2) is 24.8 Å². The molecule has 2 N–H and O–H groups in total. The molecule has 0 bridgehead atoms. The van der Waals surface area contributed by atoms with Gasteiger partial charge >= 0.3 is 11.9 Å². The highest BCUT2D eigenvalue weighted by atomic mass is 32.1. The summed E-state index contributed by atoms with van der Waals surface area (Å²) >= 11 is 3.12. The Morgan fingerprint density at radius 1 is 0.667 bits per heavy atom. The number of aromatic nitrogens is 2. The Kier molecular flexibility index (Phi) is 16.4. The number of esters is 2. The van der Waals surface area contributed by atoms with Gasteiger partial charge in [-0.2, -0.15) is 10.2 Å². The number of phenols is 2. The number of benzene rings is 4. The second-order valence-corrected chi connectivity index (χ2v) is 16.4. The number of ether oxygens (including phenoxy) is 2. The fraction of sp³-hybridized carbons (Fsp3) is 0.348. The summed E-state index contributed by atoms with van der Waals surface area (Å²) in [6.45, 7) is 5.79. The van der Waals surface area contributed by atoms with E-state index in [0.717, 1.165) is 82.1 Å². The first kappa shape index (κ1) is 43.7. The molecule has 0 fully saturated rings. The van der Waals surface area contributed by atoms with Gasteiger partial charge in [-0.3, -0.25) is 4.79 Å². The highest BCUT2D eigenvalue weighted by Gasteiger charge is 2.15. The predicted molar refractivity (Wildman–Crippen MR) is 243 cm³/mol. The molecule has 0 saturated carbocycles. The van der Waals surface area contributed by atoms with Gasteiger partial charge in [0.1, 0.15) is 17.2 Å². The van der Waals surface area contributed by atoms with Crippen molar-refractivity contribution in [2.24, 2.45) is 10.2 Å². The van der Waals surface area contributed by atoms with Crippen LogP contribution in [-0.2, 0) is 9.53 Å². The van der Waals surface area contributed by atoms with Gasteiger partial charge in [-0.15, -0.1) is 0 Å². The van der Waals surface area contributed by atoms with E-state index < -0.39 is 11.9 Å². The van der Waals surface area contributed by atoms with Crippen molar-refractivity contribution in [3.05, 3.63) is 102 Å². The van der Waals surface area contributed by atoms with Crippen molar-refractivity contribution in [3.8, 4) is 17.2 Å². The molecule has 0 saturated heterocycles. The topological polar surface area (TPSA) is 150 Å². The fourth-order valence-electron chi connectivity index (χ4n) is 6.27. The van der Waals surface area contributed by atoms with Crippen LogP contribution in [0.2, 0.25) is 0 Å². The number of thiazole rings is 2. The summed E-state index contributed by atoms with van der Waals surface area (Å²) in [4.78, 5) is 35.3. The summed E-state index contributed by atoms with van der Waals surface area (Å²) in [5.41, 5.74) is 2.87. The Morgan fingerprint density at radius 3 is 1.78 bits per heavy atom. The second-order valence-electron chi connectivity index (χ2n) is 14.3. The van der Waals surface area contributed by atoms with E-state index in [9.17, 15) is 19.8 Å². The Morgan fingerprint density at radius 2 is 1.22 bits per heavy atom. The fourth-order valence-corrected chi connectivity index (χ4v) is 8.17. The lowest BCUT2D eigenvalue weighted by Gasteiger charge is -2.15. The maximum atomic E-state index is 13.0. The molecule has 12 nitrogen and oxygen atoms in total. The van der Waals surface area contributed by atoms with Gasteiger partial charge in [0.15, 0.2) is 0 Å². The van der Waals surface area contributed by atoms with Crippen LogP contribution in [-0.4, -0.2) is 64.2 Å². The van der Waals surface area contributed by atoms with Crippen LogP contribution in [0, 0.1) is 0 Å². The van der Waals surface area contributed by atoms with Gasteiger partial charge < -0.3 is 19.7 Å². The van der Waals surface area contributed by atoms with Gasteiger partial charge in [0.05, 0.1) is 45.0 Å². The molecule has 0 amide bonds. The lowest BCUT2D eigenvalue weighted by molar-refractivity contribution is -0.134. The first-order valence-corrected chi connectivity index (χ1v) is 22.3. The average Bonchev–Trinajstić information content (AvgIpc) is 3.89. The highest BCUT2D eigenvalue weighted by Crippen LogP contribution is 2.31. The van der Waals surface area contributed by atoms with Gasteiger partial charge in [-0.1, -0.05) is 99.3 Å². The smallest absolute Gasteiger partial charge is 0.338 e.